The molecule has 7 atom stereocenters. The number of hydrogen-bond acceptors (Lipinski definition) is 9. The van der Waals surface area contributed by atoms with Crippen LogP contribution in [0.25, 0.3) is 0 Å². The predicted octanol–water partition coefficient (Wildman–Crippen LogP) is 1.19. The van der Waals surface area contributed by atoms with Crippen LogP contribution in [0.2, 0.25) is 0 Å². The minimum Gasteiger partial charge on any atom is -0.481 e. The zero-order valence-electron chi connectivity index (χ0n) is 32.5. The highest BCUT2D eigenvalue weighted by atomic mass is 16.4. The van der Waals surface area contributed by atoms with Gasteiger partial charge in [0.2, 0.25) is 29.5 Å². The van der Waals surface area contributed by atoms with Crippen molar-refractivity contribution in [3.05, 3.63) is 0 Å². The Kier molecular flexibility index (Phi) is 22.5. The summed E-state index contributed by atoms with van der Waals surface area (Å²) in [5.41, 5.74) is 5.66. The number of aliphatic hydroxyl groups excluding tert-OH is 2. The Balaban J connectivity index is 5.88. The molecule has 0 fully saturated rings. The van der Waals surface area contributed by atoms with E-state index in [1.165, 1.54) is 0 Å². The maximum absolute atomic E-state index is 13.6. The van der Waals surface area contributed by atoms with Crippen LogP contribution in [-0.4, -0.2) is 99.8 Å². The SMILES string of the molecule is CC(C)CC(=O)N[C@H](C(=O)N[C@H](C(=O)N[C@@H](CC(C)C)[C@@H](O)CC(=O)N[C@@H](CCCN)C(=O)N[C@@H](CC(C)C)[C@@H](O)CC(=O)O)C(C)C)C(C)C. The Bertz CT molecular complexity index is 1110. The second-order valence-electron chi connectivity index (χ2n) is 15.6. The first-order valence-corrected chi connectivity index (χ1v) is 18.4. The molecule has 5 amide bonds. The molecule has 296 valence electrons. The quantitative estimate of drug-likeness (QED) is 0.0650. The lowest BCUT2D eigenvalue weighted by molar-refractivity contribution is -0.140. The lowest BCUT2D eigenvalue weighted by atomic mass is 9.95. The van der Waals surface area contributed by atoms with Crippen molar-refractivity contribution in [3.8, 4) is 0 Å². The highest BCUT2D eigenvalue weighted by Gasteiger charge is 2.34. The number of hydrogen-bond donors (Lipinski definition) is 9. The number of rotatable bonds is 25. The number of carbonyl (C=O) groups excluding carboxylic acids is 5. The van der Waals surface area contributed by atoms with Crippen LogP contribution in [0.4, 0.5) is 0 Å². The van der Waals surface area contributed by atoms with E-state index in [-0.39, 0.29) is 54.9 Å². The molecule has 0 bridgehead atoms. The van der Waals surface area contributed by atoms with Gasteiger partial charge in [-0.1, -0.05) is 69.2 Å². The summed E-state index contributed by atoms with van der Waals surface area (Å²) in [4.78, 5) is 77.1. The van der Waals surface area contributed by atoms with Gasteiger partial charge in [0, 0.05) is 6.42 Å². The molecule has 0 radical (unpaired) electrons. The summed E-state index contributed by atoms with van der Waals surface area (Å²) in [5, 5.41) is 44.5. The van der Waals surface area contributed by atoms with Crippen molar-refractivity contribution >= 4 is 35.5 Å². The Labute approximate surface area is 304 Å². The minimum absolute atomic E-state index is 0.000190. The smallest absolute Gasteiger partial charge is 0.306 e. The molecule has 51 heavy (non-hydrogen) atoms. The molecule has 15 heteroatoms. The van der Waals surface area contributed by atoms with Gasteiger partial charge in [-0.2, -0.15) is 0 Å². The summed E-state index contributed by atoms with van der Waals surface area (Å²) in [6.45, 7) is 18.6. The maximum Gasteiger partial charge on any atom is 0.306 e. The van der Waals surface area contributed by atoms with Crippen molar-refractivity contribution in [1.29, 1.82) is 0 Å². The summed E-state index contributed by atoms with van der Waals surface area (Å²) >= 11 is 0. The molecule has 0 aliphatic carbocycles. The largest absolute Gasteiger partial charge is 0.481 e. The molecule has 0 unspecified atom stereocenters. The second-order valence-corrected chi connectivity index (χ2v) is 15.6. The molecular weight excluding hydrogens is 660 g/mol. The van der Waals surface area contributed by atoms with Gasteiger partial charge in [-0.05, 0) is 61.8 Å². The summed E-state index contributed by atoms with van der Waals surface area (Å²) in [7, 11) is 0. The second kappa shape index (κ2) is 24.0. The summed E-state index contributed by atoms with van der Waals surface area (Å²) < 4.78 is 0. The molecule has 0 aromatic heterocycles. The first-order valence-electron chi connectivity index (χ1n) is 18.4. The van der Waals surface area contributed by atoms with Gasteiger partial charge in [0.05, 0.1) is 37.1 Å². The van der Waals surface area contributed by atoms with Crippen molar-refractivity contribution < 1.29 is 44.1 Å². The van der Waals surface area contributed by atoms with Crippen LogP contribution in [0.3, 0.4) is 0 Å². The molecule has 0 spiro atoms. The topological polar surface area (TPSA) is 249 Å². The molecule has 0 aliphatic heterocycles. The van der Waals surface area contributed by atoms with Gasteiger partial charge >= 0.3 is 5.97 Å². The standard InChI is InChI=1S/C36H68N6O9/c1-19(2)14-25(40-35(50)33(23(9)10)42-36(51)32(22(7)8)41-29(45)16-21(5)6)27(43)17-30(46)38-24(12-11-13-37)34(49)39-26(15-20(3)4)28(44)18-31(47)48/h19-28,32-33,43-44H,11-18,37H2,1-10H3,(H,38,46)(H,39,49)(H,40,50)(H,41,45)(H,42,51)(H,47,48)/t24-,25-,26-,27-,28-,32-,33-/m0/s1. The predicted molar refractivity (Wildman–Crippen MR) is 195 cm³/mol. The number of carboxylic acid groups (broad SMARTS) is 1. The monoisotopic (exact) mass is 729 g/mol. The molecule has 0 heterocycles. The number of aliphatic carboxylic acids is 1. The summed E-state index contributed by atoms with van der Waals surface area (Å²) in [6, 6.07) is -4.70. The Morgan fingerprint density at radius 3 is 1.41 bits per heavy atom. The van der Waals surface area contributed by atoms with Crippen LogP contribution in [-0.2, 0) is 28.8 Å². The van der Waals surface area contributed by atoms with E-state index in [2.05, 4.69) is 26.6 Å². The Morgan fingerprint density at radius 1 is 0.549 bits per heavy atom. The van der Waals surface area contributed by atoms with E-state index in [0.29, 0.717) is 19.3 Å². The fourth-order valence-corrected chi connectivity index (χ4v) is 5.61. The zero-order valence-corrected chi connectivity index (χ0v) is 32.5. The third-order valence-corrected chi connectivity index (χ3v) is 8.27. The van der Waals surface area contributed by atoms with Crippen molar-refractivity contribution in [2.75, 3.05) is 6.54 Å². The highest BCUT2D eigenvalue weighted by Crippen LogP contribution is 2.15. The van der Waals surface area contributed by atoms with Gasteiger partial charge in [0.15, 0.2) is 0 Å². The van der Waals surface area contributed by atoms with E-state index >= 15 is 0 Å². The van der Waals surface area contributed by atoms with Gasteiger partial charge in [-0.3, -0.25) is 28.8 Å². The zero-order chi connectivity index (χ0) is 39.6. The molecule has 10 N–H and O–H groups in total. The van der Waals surface area contributed by atoms with Crippen molar-refractivity contribution in [1.82, 2.24) is 26.6 Å². The van der Waals surface area contributed by atoms with Crippen molar-refractivity contribution in [2.45, 2.75) is 157 Å². The van der Waals surface area contributed by atoms with E-state index in [1.807, 2.05) is 41.5 Å². The third kappa shape index (κ3) is 19.8. The fraction of sp³-hybridized carbons (Fsp3) is 0.833. The van der Waals surface area contributed by atoms with Crippen molar-refractivity contribution in [3.63, 3.8) is 0 Å². The van der Waals surface area contributed by atoms with Gasteiger partial charge in [-0.15, -0.1) is 0 Å². The minimum atomic E-state index is -1.36. The summed E-state index contributed by atoms with van der Waals surface area (Å²) in [6.07, 6.45) is -2.35. The lowest BCUT2D eigenvalue weighted by Gasteiger charge is -2.31. The third-order valence-electron chi connectivity index (χ3n) is 8.27. The summed E-state index contributed by atoms with van der Waals surface area (Å²) in [5.74, 6) is -4.33. The molecule has 0 saturated carbocycles. The first kappa shape index (κ1) is 47.7. The average Bonchev–Trinajstić information content (AvgIpc) is 2.98. The van der Waals surface area contributed by atoms with Gasteiger partial charge in [0.25, 0.3) is 0 Å². The van der Waals surface area contributed by atoms with Crippen molar-refractivity contribution in [2.24, 2.45) is 35.3 Å². The number of aliphatic hydroxyl groups is 2. The molecule has 0 rings (SSSR count). The number of carboxylic acids is 1. The van der Waals surface area contributed by atoms with Crippen LogP contribution in [0.5, 0.6) is 0 Å². The first-order chi connectivity index (χ1) is 23.6. The van der Waals surface area contributed by atoms with Crippen LogP contribution in [0, 0.1) is 29.6 Å². The molecule has 0 aliphatic rings. The number of nitrogens with one attached hydrogen (secondary N) is 5. The van der Waals surface area contributed by atoms with Crippen LogP contribution >= 0.6 is 0 Å². The van der Waals surface area contributed by atoms with Crippen LogP contribution in [0.1, 0.15) is 114 Å². The van der Waals surface area contributed by atoms with E-state index in [1.54, 1.807) is 27.7 Å². The van der Waals surface area contributed by atoms with Crippen LogP contribution < -0.4 is 32.3 Å². The van der Waals surface area contributed by atoms with E-state index < -0.39 is 84.9 Å². The molecule has 0 aromatic carbocycles. The number of amides is 5. The molecular formula is C36H68N6O9. The van der Waals surface area contributed by atoms with Gasteiger partial charge in [0.1, 0.15) is 18.1 Å². The average molecular weight is 729 g/mol. The fourth-order valence-electron chi connectivity index (χ4n) is 5.61. The van der Waals surface area contributed by atoms with E-state index in [0.717, 1.165) is 0 Å². The van der Waals surface area contributed by atoms with Gasteiger partial charge in [-0.25, -0.2) is 0 Å². The van der Waals surface area contributed by atoms with E-state index in [4.69, 9.17) is 10.8 Å². The number of nitrogens with two attached hydrogens (primary N) is 1. The molecule has 0 aromatic rings. The Morgan fingerprint density at radius 2 is 0.980 bits per heavy atom. The highest BCUT2D eigenvalue weighted by molar-refractivity contribution is 5.92. The molecule has 15 nitrogen and oxygen atoms in total. The van der Waals surface area contributed by atoms with Gasteiger partial charge < -0.3 is 47.6 Å². The molecule has 0 saturated heterocycles. The Hall–Kier alpha value is -3.30. The number of carbonyl (C=O) groups is 6. The normalized spacial score (nSPS) is 15.9. The maximum atomic E-state index is 13.6. The van der Waals surface area contributed by atoms with E-state index in [9.17, 15) is 39.0 Å². The lowest BCUT2D eigenvalue weighted by Crippen LogP contribution is -2.59. The van der Waals surface area contributed by atoms with Crippen LogP contribution in [0.15, 0.2) is 0 Å².